The molecule has 0 spiro atoms. The second kappa shape index (κ2) is 6.06. The van der Waals surface area contributed by atoms with Crippen LogP contribution in [0.25, 0.3) is 0 Å². The van der Waals surface area contributed by atoms with Crippen molar-refractivity contribution in [2.75, 3.05) is 6.54 Å². The van der Waals surface area contributed by atoms with Gasteiger partial charge in [-0.2, -0.15) is 0 Å². The molecule has 1 aromatic heterocycles. The first-order valence-corrected chi connectivity index (χ1v) is 6.26. The van der Waals surface area contributed by atoms with Gasteiger partial charge in [-0.1, -0.05) is 0 Å². The summed E-state index contributed by atoms with van der Waals surface area (Å²) < 4.78 is 10.3. The van der Waals surface area contributed by atoms with Crippen LogP contribution in [0.4, 0.5) is 0 Å². The lowest BCUT2D eigenvalue weighted by molar-refractivity contribution is 0.0733. The monoisotopic (exact) mass is 273 g/mol. The van der Waals surface area contributed by atoms with E-state index in [1.807, 2.05) is 6.92 Å². The maximum atomic E-state index is 11.9. The minimum atomic E-state index is -0.484. The lowest BCUT2D eigenvalue weighted by Gasteiger charge is -2.05. The zero-order valence-corrected chi connectivity index (χ0v) is 11.3. The summed E-state index contributed by atoms with van der Waals surface area (Å²) in [6.45, 7) is 4.10. The largest absolute Gasteiger partial charge is 0.469 e. The normalized spacial score (nSPS) is 10.1. The Bertz CT molecular complexity index is 613. The van der Waals surface area contributed by atoms with E-state index >= 15 is 0 Å². The van der Waals surface area contributed by atoms with Gasteiger partial charge in [0.25, 0.3) is 5.91 Å². The van der Waals surface area contributed by atoms with Crippen LogP contribution in [-0.4, -0.2) is 18.4 Å². The van der Waals surface area contributed by atoms with Crippen molar-refractivity contribution in [1.82, 2.24) is 5.32 Å². The third-order valence-electron chi connectivity index (χ3n) is 2.74. The molecule has 0 saturated carbocycles. The number of nitrogens with one attached hydrogen (secondary N) is 1. The van der Waals surface area contributed by atoms with Gasteiger partial charge in [0, 0.05) is 12.1 Å². The lowest BCUT2D eigenvalue weighted by Crippen LogP contribution is -2.22. The van der Waals surface area contributed by atoms with Gasteiger partial charge in [-0.3, -0.25) is 4.79 Å². The van der Waals surface area contributed by atoms with Crippen molar-refractivity contribution in [3.63, 3.8) is 0 Å². The highest BCUT2D eigenvalue weighted by Crippen LogP contribution is 2.16. The first-order valence-electron chi connectivity index (χ1n) is 6.26. The Morgan fingerprint density at radius 2 is 1.90 bits per heavy atom. The molecule has 0 radical (unpaired) electrons. The molecule has 1 N–H and O–H groups in total. The Labute approximate surface area is 116 Å². The Morgan fingerprint density at radius 3 is 2.45 bits per heavy atom. The zero-order chi connectivity index (χ0) is 14.5. The summed E-state index contributed by atoms with van der Waals surface area (Å²) in [5, 5.41) is 2.69. The smallest absolute Gasteiger partial charge is 0.347 e. The van der Waals surface area contributed by atoms with Gasteiger partial charge in [-0.15, -0.1) is 0 Å². The molecule has 0 fully saturated rings. The molecule has 104 valence electrons. The Hall–Kier alpha value is -2.56. The van der Waals surface area contributed by atoms with Gasteiger partial charge in [0.1, 0.15) is 17.1 Å². The first-order chi connectivity index (χ1) is 9.61. The van der Waals surface area contributed by atoms with E-state index in [1.165, 1.54) is 6.26 Å². The molecular weight excluding hydrogens is 258 g/mol. The van der Waals surface area contributed by atoms with Crippen molar-refractivity contribution in [2.45, 2.75) is 13.8 Å². The van der Waals surface area contributed by atoms with Crippen molar-refractivity contribution in [1.29, 1.82) is 0 Å². The minimum Gasteiger partial charge on any atom is -0.469 e. The second-order valence-electron chi connectivity index (χ2n) is 4.16. The molecule has 0 aliphatic heterocycles. The van der Waals surface area contributed by atoms with Crippen molar-refractivity contribution in [3.8, 4) is 5.75 Å². The Balaban J connectivity index is 2.06. The molecule has 2 aromatic rings. The number of amides is 1. The molecule has 1 heterocycles. The van der Waals surface area contributed by atoms with Crippen LogP contribution >= 0.6 is 0 Å². The number of hydrogen-bond donors (Lipinski definition) is 1. The van der Waals surface area contributed by atoms with Gasteiger partial charge in [-0.05, 0) is 44.2 Å². The number of benzene rings is 1. The average Bonchev–Trinajstić information content (AvgIpc) is 2.86. The number of carbonyl (C=O) groups is 2. The fourth-order valence-corrected chi connectivity index (χ4v) is 1.70. The van der Waals surface area contributed by atoms with E-state index in [4.69, 9.17) is 9.15 Å². The molecule has 0 aliphatic carbocycles. The van der Waals surface area contributed by atoms with Gasteiger partial charge in [0.2, 0.25) is 0 Å². The predicted octanol–water partition coefficient (Wildman–Crippen LogP) is 2.56. The molecule has 0 unspecified atom stereocenters. The highest BCUT2D eigenvalue weighted by atomic mass is 16.5. The van der Waals surface area contributed by atoms with Crippen molar-refractivity contribution in [3.05, 3.63) is 53.5 Å². The summed E-state index contributed by atoms with van der Waals surface area (Å²) >= 11 is 0. The van der Waals surface area contributed by atoms with E-state index < -0.39 is 5.97 Å². The molecule has 0 saturated heterocycles. The van der Waals surface area contributed by atoms with Crippen LogP contribution in [0.1, 0.15) is 33.4 Å². The fraction of sp³-hybridized carbons (Fsp3) is 0.200. The Morgan fingerprint density at radius 1 is 1.20 bits per heavy atom. The van der Waals surface area contributed by atoms with Crippen LogP contribution < -0.4 is 10.1 Å². The van der Waals surface area contributed by atoms with E-state index in [9.17, 15) is 9.59 Å². The standard InChI is InChI=1S/C15H15NO4/c1-3-16-14(17)11-4-6-12(7-5-11)20-15(18)13-8-9-19-10(13)2/h4-9H,3H2,1-2H3,(H,16,17). The van der Waals surface area contributed by atoms with E-state index in [-0.39, 0.29) is 5.91 Å². The Kier molecular flexibility index (Phi) is 4.20. The fourth-order valence-electron chi connectivity index (χ4n) is 1.70. The summed E-state index contributed by atoms with van der Waals surface area (Å²) in [4.78, 5) is 23.4. The van der Waals surface area contributed by atoms with Crippen molar-refractivity contribution >= 4 is 11.9 Å². The first kappa shape index (κ1) is 13.9. The molecule has 0 aliphatic rings. The van der Waals surface area contributed by atoms with E-state index in [1.54, 1.807) is 37.3 Å². The zero-order valence-electron chi connectivity index (χ0n) is 11.3. The van der Waals surface area contributed by atoms with Gasteiger partial charge in [0.05, 0.1) is 6.26 Å². The third-order valence-corrected chi connectivity index (χ3v) is 2.74. The van der Waals surface area contributed by atoms with Crippen molar-refractivity contribution in [2.24, 2.45) is 0 Å². The van der Waals surface area contributed by atoms with Crippen molar-refractivity contribution < 1.29 is 18.7 Å². The molecule has 5 nitrogen and oxygen atoms in total. The SMILES string of the molecule is CCNC(=O)c1ccc(OC(=O)c2ccoc2C)cc1. The second-order valence-corrected chi connectivity index (χ2v) is 4.16. The van der Waals surface area contributed by atoms with Crippen LogP contribution in [0, 0.1) is 6.92 Å². The van der Waals surface area contributed by atoms with Crippen LogP contribution in [0.3, 0.4) is 0 Å². The molecule has 2 rings (SSSR count). The number of rotatable bonds is 4. The maximum absolute atomic E-state index is 11.9. The summed E-state index contributed by atoms with van der Waals surface area (Å²) in [6, 6.07) is 7.93. The molecule has 1 aromatic carbocycles. The van der Waals surface area contributed by atoms with Crippen LogP contribution in [0.5, 0.6) is 5.75 Å². The summed E-state index contributed by atoms with van der Waals surface area (Å²) in [5.74, 6) is 0.246. The van der Waals surface area contributed by atoms with E-state index in [2.05, 4.69) is 5.32 Å². The predicted molar refractivity (Wildman–Crippen MR) is 72.9 cm³/mol. The highest BCUT2D eigenvalue weighted by molar-refractivity contribution is 5.94. The minimum absolute atomic E-state index is 0.156. The topological polar surface area (TPSA) is 68.5 Å². The molecular formula is C15H15NO4. The number of ether oxygens (including phenoxy) is 1. The number of carbonyl (C=O) groups excluding carboxylic acids is 2. The average molecular weight is 273 g/mol. The van der Waals surface area contributed by atoms with Gasteiger partial charge in [-0.25, -0.2) is 4.79 Å². The number of esters is 1. The maximum Gasteiger partial charge on any atom is 0.347 e. The van der Waals surface area contributed by atoms with Crippen LogP contribution in [-0.2, 0) is 0 Å². The number of aryl methyl sites for hydroxylation is 1. The molecule has 0 atom stereocenters. The highest BCUT2D eigenvalue weighted by Gasteiger charge is 2.14. The molecule has 5 heteroatoms. The summed E-state index contributed by atoms with van der Waals surface area (Å²) in [5.41, 5.74) is 0.906. The van der Waals surface area contributed by atoms with Crippen LogP contribution in [0.15, 0.2) is 41.0 Å². The number of hydrogen-bond acceptors (Lipinski definition) is 4. The molecule has 20 heavy (non-hydrogen) atoms. The summed E-state index contributed by atoms with van der Waals surface area (Å²) in [7, 11) is 0. The number of furan rings is 1. The lowest BCUT2D eigenvalue weighted by atomic mass is 10.2. The van der Waals surface area contributed by atoms with Gasteiger partial charge < -0.3 is 14.5 Å². The third kappa shape index (κ3) is 3.06. The van der Waals surface area contributed by atoms with Crippen LogP contribution in [0.2, 0.25) is 0 Å². The van der Waals surface area contributed by atoms with E-state index in [0.717, 1.165) is 0 Å². The van der Waals surface area contributed by atoms with Gasteiger partial charge in [0.15, 0.2) is 0 Å². The molecule has 0 bridgehead atoms. The van der Waals surface area contributed by atoms with Gasteiger partial charge >= 0.3 is 5.97 Å². The molecule has 1 amide bonds. The van der Waals surface area contributed by atoms with E-state index in [0.29, 0.717) is 29.2 Å². The summed E-state index contributed by atoms with van der Waals surface area (Å²) in [6.07, 6.45) is 1.43. The quantitative estimate of drug-likeness (QED) is 0.686.